The van der Waals surface area contributed by atoms with Gasteiger partial charge in [-0.05, 0) is 25.5 Å². The number of halogens is 3. The fourth-order valence-corrected chi connectivity index (χ4v) is 1.94. The number of alkyl halides is 3. The Bertz CT molecular complexity index is 455. The van der Waals surface area contributed by atoms with Gasteiger partial charge in [0.25, 0.3) is 3.79 Å². The molecule has 0 spiro atoms. The van der Waals surface area contributed by atoms with Crippen LogP contribution in [0.15, 0.2) is 36.4 Å². The summed E-state index contributed by atoms with van der Waals surface area (Å²) >= 11 is 17.6. The van der Waals surface area contributed by atoms with Crippen LogP contribution in [-0.2, 0) is 4.79 Å². The maximum atomic E-state index is 11.9. The molecule has 0 radical (unpaired) electrons. The first-order chi connectivity index (χ1) is 9.29. The molecule has 1 atom stereocenters. The van der Waals surface area contributed by atoms with E-state index in [1.807, 2.05) is 44.2 Å². The van der Waals surface area contributed by atoms with Crippen LogP contribution < -0.4 is 10.6 Å². The van der Waals surface area contributed by atoms with Crippen LogP contribution in [0.2, 0.25) is 0 Å². The zero-order valence-corrected chi connectivity index (χ0v) is 13.6. The Morgan fingerprint density at radius 1 is 1.25 bits per heavy atom. The fraction of sp³-hybridized carbons (Fsp3) is 0.357. The predicted octanol–water partition coefficient (Wildman–Crippen LogP) is 2.48. The standard InChI is InChI=1S/C14H17Cl3N2O/c1-10(2)18-13(14(15,16)17)19-12(20)9-8-11-6-4-3-5-7-11/h3-10,13,18H,1-2H3,(H,19,20)/p+1/b9-8+/t13-/m1/s1. The monoisotopic (exact) mass is 335 g/mol. The lowest BCUT2D eigenvalue weighted by molar-refractivity contribution is -0.717. The van der Waals surface area contributed by atoms with Gasteiger partial charge < -0.3 is 5.32 Å². The molecule has 0 aromatic heterocycles. The van der Waals surface area contributed by atoms with Crippen molar-refractivity contribution < 1.29 is 10.1 Å². The van der Waals surface area contributed by atoms with E-state index in [-0.39, 0.29) is 11.9 Å². The second-order valence-electron chi connectivity index (χ2n) is 4.71. The molecule has 0 saturated heterocycles. The van der Waals surface area contributed by atoms with Crippen LogP contribution in [0.4, 0.5) is 0 Å². The highest BCUT2D eigenvalue weighted by molar-refractivity contribution is 6.68. The van der Waals surface area contributed by atoms with Crippen LogP contribution in [-0.4, -0.2) is 21.9 Å². The van der Waals surface area contributed by atoms with Crippen molar-refractivity contribution in [2.75, 3.05) is 0 Å². The largest absolute Gasteiger partial charge is 0.321 e. The van der Waals surface area contributed by atoms with Gasteiger partial charge in [-0.3, -0.25) is 10.1 Å². The van der Waals surface area contributed by atoms with Crippen molar-refractivity contribution in [3.8, 4) is 0 Å². The summed E-state index contributed by atoms with van der Waals surface area (Å²) in [5.41, 5.74) is 0.931. The third-order valence-electron chi connectivity index (χ3n) is 2.45. The predicted molar refractivity (Wildman–Crippen MR) is 84.8 cm³/mol. The average molecular weight is 337 g/mol. The summed E-state index contributed by atoms with van der Waals surface area (Å²) in [7, 11) is 0. The molecule has 0 fully saturated rings. The molecule has 0 aliphatic carbocycles. The minimum absolute atomic E-state index is 0.189. The number of nitrogens with one attached hydrogen (secondary N) is 1. The number of hydrogen-bond donors (Lipinski definition) is 2. The van der Waals surface area contributed by atoms with Crippen molar-refractivity contribution in [1.29, 1.82) is 0 Å². The third kappa shape index (κ3) is 6.62. The zero-order valence-electron chi connectivity index (χ0n) is 11.3. The molecule has 0 unspecified atom stereocenters. The highest BCUT2D eigenvalue weighted by Gasteiger charge is 2.37. The van der Waals surface area contributed by atoms with E-state index in [0.717, 1.165) is 5.56 Å². The molecule has 1 rings (SSSR count). The molecule has 1 amide bonds. The van der Waals surface area contributed by atoms with E-state index in [1.54, 1.807) is 11.4 Å². The van der Waals surface area contributed by atoms with Crippen molar-refractivity contribution in [1.82, 2.24) is 5.32 Å². The minimum Gasteiger partial charge on any atom is -0.321 e. The number of quaternary nitrogens is 1. The summed E-state index contributed by atoms with van der Waals surface area (Å²) in [4.78, 5) is 11.9. The summed E-state index contributed by atoms with van der Waals surface area (Å²) in [5.74, 6) is -0.304. The SMILES string of the molecule is CC(C)[NH2+][C@H](NC(=O)/C=C/c1ccccc1)C(Cl)(Cl)Cl. The van der Waals surface area contributed by atoms with Gasteiger partial charge >= 0.3 is 0 Å². The van der Waals surface area contributed by atoms with E-state index in [2.05, 4.69) is 5.32 Å². The summed E-state index contributed by atoms with van der Waals surface area (Å²) in [5, 5.41) is 4.47. The summed E-state index contributed by atoms with van der Waals surface area (Å²) < 4.78 is -1.57. The first-order valence-electron chi connectivity index (χ1n) is 6.24. The smallest absolute Gasteiger partial charge is 0.262 e. The number of benzene rings is 1. The number of carbonyl (C=O) groups is 1. The zero-order chi connectivity index (χ0) is 15.2. The van der Waals surface area contributed by atoms with Gasteiger partial charge in [0, 0.05) is 6.08 Å². The van der Waals surface area contributed by atoms with Gasteiger partial charge in [0.15, 0.2) is 0 Å². The first-order valence-corrected chi connectivity index (χ1v) is 7.38. The molecule has 0 heterocycles. The number of rotatable bonds is 5. The molecule has 1 aromatic carbocycles. The van der Waals surface area contributed by atoms with Gasteiger partial charge in [0.1, 0.15) is 0 Å². The van der Waals surface area contributed by atoms with E-state index in [1.165, 1.54) is 6.08 Å². The number of amides is 1. The van der Waals surface area contributed by atoms with Gasteiger partial charge in [0.05, 0.1) is 6.04 Å². The van der Waals surface area contributed by atoms with E-state index in [9.17, 15) is 4.79 Å². The van der Waals surface area contributed by atoms with Crippen molar-refractivity contribution in [3.05, 3.63) is 42.0 Å². The summed E-state index contributed by atoms with van der Waals surface area (Å²) in [6, 6.07) is 9.69. The Morgan fingerprint density at radius 3 is 2.35 bits per heavy atom. The lowest BCUT2D eigenvalue weighted by atomic mass is 10.2. The number of hydrogen-bond acceptors (Lipinski definition) is 1. The summed E-state index contributed by atoms with van der Waals surface area (Å²) in [6.07, 6.45) is 2.49. The lowest BCUT2D eigenvalue weighted by Crippen LogP contribution is -2.99. The van der Waals surface area contributed by atoms with Crippen LogP contribution in [0.3, 0.4) is 0 Å². The molecule has 110 valence electrons. The Hall–Kier alpha value is -0.740. The van der Waals surface area contributed by atoms with Crippen molar-refractivity contribution in [3.63, 3.8) is 0 Å². The Morgan fingerprint density at radius 2 is 1.85 bits per heavy atom. The molecule has 1 aromatic rings. The topological polar surface area (TPSA) is 45.7 Å². The molecule has 3 N–H and O–H groups in total. The highest BCUT2D eigenvalue weighted by Crippen LogP contribution is 2.27. The Balaban J connectivity index is 2.65. The van der Waals surface area contributed by atoms with Gasteiger partial charge in [-0.15, -0.1) is 0 Å². The maximum absolute atomic E-state index is 11.9. The molecule has 0 bridgehead atoms. The van der Waals surface area contributed by atoms with E-state index >= 15 is 0 Å². The first kappa shape index (κ1) is 17.3. The van der Waals surface area contributed by atoms with E-state index in [4.69, 9.17) is 34.8 Å². The molecule has 0 saturated carbocycles. The van der Waals surface area contributed by atoms with Crippen molar-refractivity contribution in [2.24, 2.45) is 0 Å². The number of carbonyl (C=O) groups excluding carboxylic acids is 1. The summed E-state index contributed by atoms with van der Waals surface area (Å²) in [6.45, 7) is 3.91. The normalized spacial score (nSPS) is 13.7. The molecular weight excluding hydrogens is 319 g/mol. The molecule has 0 aliphatic heterocycles. The fourth-order valence-electron chi connectivity index (χ4n) is 1.56. The van der Waals surface area contributed by atoms with Crippen LogP contribution in [0.25, 0.3) is 6.08 Å². The van der Waals surface area contributed by atoms with Gasteiger partial charge in [-0.1, -0.05) is 65.1 Å². The third-order valence-corrected chi connectivity index (χ3v) is 3.16. The van der Waals surface area contributed by atoms with Crippen molar-refractivity contribution in [2.45, 2.75) is 29.8 Å². The quantitative estimate of drug-likeness (QED) is 0.484. The van der Waals surface area contributed by atoms with Gasteiger partial charge in [-0.25, -0.2) is 0 Å². The molecular formula is C14H18Cl3N2O+. The van der Waals surface area contributed by atoms with Gasteiger partial charge in [0.2, 0.25) is 12.1 Å². The molecule has 0 aliphatic rings. The van der Waals surface area contributed by atoms with Crippen LogP contribution in [0, 0.1) is 0 Å². The van der Waals surface area contributed by atoms with E-state index < -0.39 is 9.96 Å². The molecule has 6 heteroatoms. The molecule has 20 heavy (non-hydrogen) atoms. The Kier molecular flexibility index (Phi) is 6.83. The van der Waals surface area contributed by atoms with Crippen LogP contribution in [0.1, 0.15) is 19.4 Å². The van der Waals surface area contributed by atoms with Crippen LogP contribution in [0.5, 0.6) is 0 Å². The second-order valence-corrected chi connectivity index (χ2v) is 7.08. The highest BCUT2D eigenvalue weighted by atomic mass is 35.6. The van der Waals surface area contributed by atoms with Crippen molar-refractivity contribution >= 4 is 46.8 Å². The Labute approximate surface area is 134 Å². The van der Waals surface area contributed by atoms with E-state index in [0.29, 0.717) is 0 Å². The van der Waals surface area contributed by atoms with Crippen LogP contribution >= 0.6 is 34.8 Å². The second kappa shape index (κ2) is 7.89. The van der Waals surface area contributed by atoms with Gasteiger partial charge in [-0.2, -0.15) is 0 Å². The minimum atomic E-state index is -1.57. The average Bonchev–Trinajstić information content (AvgIpc) is 2.35. The number of nitrogens with two attached hydrogens (primary N) is 1. The maximum Gasteiger partial charge on any atom is 0.262 e. The molecule has 3 nitrogen and oxygen atoms in total. The lowest BCUT2D eigenvalue weighted by Gasteiger charge is -2.24.